The van der Waals surface area contributed by atoms with Crippen molar-refractivity contribution in [1.82, 2.24) is 5.32 Å². The SMILES string of the molecule is NCC1CCC(C(=O)NC(Cc2ccccc2)c2cccc(-c3cccc(CCC(=O)O)c3)c2)CC1. The van der Waals surface area contributed by atoms with E-state index in [1.54, 1.807) is 0 Å². The Morgan fingerprint density at radius 2 is 1.53 bits per heavy atom. The highest BCUT2D eigenvalue weighted by Crippen LogP contribution is 2.30. The van der Waals surface area contributed by atoms with Gasteiger partial charge in [-0.3, -0.25) is 9.59 Å². The fourth-order valence-corrected chi connectivity index (χ4v) is 5.14. The molecule has 1 saturated carbocycles. The van der Waals surface area contributed by atoms with E-state index in [0.717, 1.165) is 47.9 Å². The molecule has 1 fully saturated rings. The minimum atomic E-state index is -0.793. The number of carbonyl (C=O) groups is 2. The van der Waals surface area contributed by atoms with Crippen LogP contribution < -0.4 is 11.1 Å². The molecule has 0 saturated heterocycles. The molecule has 0 spiro atoms. The highest BCUT2D eigenvalue weighted by atomic mass is 16.4. The van der Waals surface area contributed by atoms with Crippen molar-refractivity contribution in [3.8, 4) is 11.1 Å². The van der Waals surface area contributed by atoms with E-state index in [-0.39, 0.29) is 24.3 Å². The van der Waals surface area contributed by atoms with Crippen LogP contribution in [0, 0.1) is 11.8 Å². The third-order valence-electron chi connectivity index (χ3n) is 7.33. The molecule has 1 atom stereocenters. The number of rotatable bonds is 10. The van der Waals surface area contributed by atoms with Gasteiger partial charge in [0.2, 0.25) is 5.91 Å². The number of carboxylic acids is 1. The van der Waals surface area contributed by atoms with E-state index in [4.69, 9.17) is 10.8 Å². The van der Waals surface area contributed by atoms with Gasteiger partial charge in [0.05, 0.1) is 6.04 Å². The molecule has 1 aliphatic rings. The summed E-state index contributed by atoms with van der Waals surface area (Å²) >= 11 is 0. The van der Waals surface area contributed by atoms with Crippen LogP contribution in [0.25, 0.3) is 11.1 Å². The van der Waals surface area contributed by atoms with Gasteiger partial charge >= 0.3 is 5.97 Å². The first-order valence-corrected chi connectivity index (χ1v) is 13.0. The molecule has 1 amide bonds. The van der Waals surface area contributed by atoms with Crippen molar-refractivity contribution in [1.29, 1.82) is 0 Å². The third kappa shape index (κ3) is 7.05. The average molecular weight is 485 g/mol. The molecule has 3 aromatic rings. The second-order valence-electron chi connectivity index (χ2n) is 9.92. The van der Waals surface area contributed by atoms with Crippen LogP contribution in [0.1, 0.15) is 54.8 Å². The van der Waals surface area contributed by atoms with Crippen LogP contribution in [0.15, 0.2) is 78.9 Å². The second-order valence-corrected chi connectivity index (χ2v) is 9.92. The van der Waals surface area contributed by atoms with Gasteiger partial charge in [-0.2, -0.15) is 0 Å². The van der Waals surface area contributed by atoms with E-state index >= 15 is 0 Å². The summed E-state index contributed by atoms with van der Waals surface area (Å²) in [4.78, 5) is 24.3. The summed E-state index contributed by atoms with van der Waals surface area (Å²) in [6, 6.07) is 26.5. The number of nitrogens with two attached hydrogens (primary N) is 1. The number of carbonyl (C=O) groups excluding carboxylic acids is 1. The molecule has 0 radical (unpaired) electrons. The summed E-state index contributed by atoms with van der Waals surface area (Å²) in [6.07, 6.45) is 5.16. The number of hydrogen-bond acceptors (Lipinski definition) is 3. The second kappa shape index (κ2) is 12.5. The zero-order valence-electron chi connectivity index (χ0n) is 20.7. The molecule has 0 aliphatic heterocycles. The summed E-state index contributed by atoms with van der Waals surface area (Å²) < 4.78 is 0. The molecular formula is C31H36N2O3. The minimum Gasteiger partial charge on any atom is -0.481 e. The van der Waals surface area contributed by atoms with E-state index in [1.165, 1.54) is 5.56 Å². The lowest BCUT2D eigenvalue weighted by atomic mass is 9.81. The Morgan fingerprint density at radius 3 is 2.22 bits per heavy atom. The van der Waals surface area contributed by atoms with Crippen LogP contribution >= 0.6 is 0 Å². The molecule has 4 N–H and O–H groups in total. The standard InChI is InChI=1S/C31H36N2O3/c32-21-24-12-15-25(16-13-24)31(36)33-29(19-22-6-2-1-3-7-22)28-11-5-10-27(20-28)26-9-4-8-23(18-26)14-17-30(34)35/h1-11,18,20,24-25,29H,12-17,19,21,32H2,(H,33,36)(H,34,35). The number of aryl methyl sites for hydroxylation is 1. The Hall–Kier alpha value is -3.44. The van der Waals surface area contributed by atoms with E-state index in [0.29, 0.717) is 25.3 Å². The molecule has 5 heteroatoms. The van der Waals surface area contributed by atoms with Crippen molar-refractivity contribution in [2.75, 3.05) is 6.54 Å². The van der Waals surface area contributed by atoms with Gasteiger partial charge in [0, 0.05) is 12.3 Å². The molecule has 1 unspecified atom stereocenters. The predicted octanol–water partition coefficient (Wildman–Crippen LogP) is 5.54. The van der Waals surface area contributed by atoms with Crippen molar-refractivity contribution in [2.24, 2.45) is 17.6 Å². The van der Waals surface area contributed by atoms with Gasteiger partial charge in [-0.15, -0.1) is 0 Å². The Morgan fingerprint density at radius 1 is 0.861 bits per heavy atom. The largest absolute Gasteiger partial charge is 0.481 e. The van der Waals surface area contributed by atoms with Crippen molar-refractivity contribution in [3.63, 3.8) is 0 Å². The van der Waals surface area contributed by atoms with Crippen molar-refractivity contribution < 1.29 is 14.7 Å². The molecule has 0 aromatic heterocycles. The molecule has 188 valence electrons. The molecular weight excluding hydrogens is 448 g/mol. The van der Waals surface area contributed by atoms with Gasteiger partial charge in [-0.25, -0.2) is 0 Å². The smallest absolute Gasteiger partial charge is 0.303 e. The molecule has 3 aromatic carbocycles. The summed E-state index contributed by atoms with van der Waals surface area (Å²) in [5, 5.41) is 12.4. The Kier molecular flexibility index (Phi) is 8.90. The van der Waals surface area contributed by atoms with Crippen LogP contribution in [-0.2, 0) is 22.4 Å². The number of carboxylic acid groups (broad SMARTS) is 1. The van der Waals surface area contributed by atoms with Crippen LogP contribution in [-0.4, -0.2) is 23.5 Å². The zero-order chi connectivity index (χ0) is 25.3. The molecule has 0 bridgehead atoms. The number of hydrogen-bond donors (Lipinski definition) is 3. The number of aliphatic carboxylic acids is 1. The fraction of sp³-hybridized carbons (Fsp3) is 0.355. The number of benzene rings is 3. The van der Waals surface area contributed by atoms with Gasteiger partial charge in [-0.05, 0) is 84.9 Å². The first-order valence-electron chi connectivity index (χ1n) is 13.0. The lowest BCUT2D eigenvalue weighted by Gasteiger charge is -2.29. The molecule has 36 heavy (non-hydrogen) atoms. The van der Waals surface area contributed by atoms with Crippen molar-refractivity contribution in [3.05, 3.63) is 95.6 Å². The van der Waals surface area contributed by atoms with Gasteiger partial charge in [-0.1, -0.05) is 72.8 Å². The van der Waals surface area contributed by atoms with Crippen LogP contribution in [0.2, 0.25) is 0 Å². The maximum atomic E-state index is 13.3. The Balaban J connectivity index is 1.56. The minimum absolute atomic E-state index is 0.0418. The number of nitrogens with one attached hydrogen (secondary N) is 1. The molecule has 4 rings (SSSR count). The fourth-order valence-electron chi connectivity index (χ4n) is 5.14. The maximum absolute atomic E-state index is 13.3. The summed E-state index contributed by atoms with van der Waals surface area (Å²) in [6.45, 7) is 0.704. The normalized spacial score (nSPS) is 18.4. The summed E-state index contributed by atoms with van der Waals surface area (Å²) in [7, 11) is 0. The van der Waals surface area contributed by atoms with Crippen molar-refractivity contribution in [2.45, 2.75) is 51.0 Å². The van der Waals surface area contributed by atoms with Crippen molar-refractivity contribution >= 4 is 11.9 Å². The lowest BCUT2D eigenvalue weighted by Crippen LogP contribution is -2.37. The first-order chi connectivity index (χ1) is 17.5. The quantitative estimate of drug-likeness (QED) is 0.352. The van der Waals surface area contributed by atoms with Crippen LogP contribution in [0.3, 0.4) is 0 Å². The first kappa shape index (κ1) is 25.6. The summed E-state index contributed by atoms with van der Waals surface area (Å²) in [5.41, 5.74) is 11.2. The Labute approximate surface area is 213 Å². The highest BCUT2D eigenvalue weighted by molar-refractivity contribution is 5.79. The topological polar surface area (TPSA) is 92.4 Å². The molecule has 5 nitrogen and oxygen atoms in total. The van der Waals surface area contributed by atoms with Gasteiger partial charge in [0.25, 0.3) is 0 Å². The van der Waals surface area contributed by atoms with Gasteiger partial charge < -0.3 is 16.2 Å². The third-order valence-corrected chi connectivity index (χ3v) is 7.33. The lowest BCUT2D eigenvalue weighted by molar-refractivity contribution is -0.137. The monoisotopic (exact) mass is 484 g/mol. The maximum Gasteiger partial charge on any atom is 0.303 e. The molecule has 0 heterocycles. The number of amides is 1. The van der Waals surface area contributed by atoms with E-state index in [2.05, 4.69) is 41.7 Å². The average Bonchev–Trinajstić information content (AvgIpc) is 2.92. The van der Waals surface area contributed by atoms with Gasteiger partial charge in [0.1, 0.15) is 0 Å². The van der Waals surface area contributed by atoms with E-state index in [1.807, 2.05) is 42.5 Å². The van der Waals surface area contributed by atoms with E-state index in [9.17, 15) is 9.59 Å². The highest BCUT2D eigenvalue weighted by Gasteiger charge is 2.27. The summed E-state index contributed by atoms with van der Waals surface area (Å²) in [5.74, 6) is -0.0804. The van der Waals surface area contributed by atoms with Crippen LogP contribution in [0.4, 0.5) is 0 Å². The molecule has 1 aliphatic carbocycles. The van der Waals surface area contributed by atoms with Gasteiger partial charge in [0.15, 0.2) is 0 Å². The predicted molar refractivity (Wildman–Crippen MR) is 143 cm³/mol. The van der Waals surface area contributed by atoms with E-state index < -0.39 is 5.97 Å². The zero-order valence-corrected chi connectivity index (χ0v) is 20.7. The van der Waals surface area contributed by atoms with Crippen LogP contribution in [0.5, 0.6) is 0 Å². The Bertz CT molecular complexity index is 1150.